The molecule has 29 heavy (non-hydrogen) atoms. The minimum atomic E-state index is -1.16. The lowest BCUT2D eigenvalue weighted by Crippen LogP contribution is -2.58. The van der Waals surface area contributed by atoms with Crippen LogP contribution in [0.3, 0.4) is 0 Å². The smallest absolute Gasteiger partial charge is 0.317 e. The largest absolute Gasteiger partial charge is 0.469 e. The van der Waals surface area contributed by atoms with Gasteiger partial charge in [0, 0.05) is 24.4 Å². The fraction of sp³-hybridized carbons (Fsp3) is 0.300. The maximum absolute atomic E-state index is 13.4. The molecule has 8 nitrogen and oxygen atoms in total. The molecule has 0 amide bonds. The second-order valence-electron chi connectivity index (χ2n) is 7.27. The van der Waals surface area contributed by atoms with E-state index in [0.29, 0.717) is 15.1 Å². The van der Waals surface area contributed by atoms with Gasteiger partial charge in [-0.1, -0.05) is 29.5 Å². The van der Waals surface area contributed by atoms with Crippen molar-refractivity contribution in [1.29, 1.82) is 0 Å². The van der Waals surface area contributed by atoms with Gasteiger partial charge >= 0.3 is 5.97 Å². The third-order valence-corrected chi connectivity index (χ3v) is 6.34. The molecule has 3 atom stereocenters. The summed E-state index contributed by atoms with van der Waals surface area (Å²) in [6, 6.07) is 6.87. The minimum absolute atomic E-state index is 0.199. The number of thiazole rings is 1. The Hall–Kier alpha value is -3.20. The van der Waals surface area contributed by atoms with Crippen LogP contribution in [0.1, 0.15) is 24.1 Å². The number of hydrogen-bond donors (Lipinski definition) is 0. The number of para-hydroxylation sites is 1. The maximum atomic E-state index is 13.4. The third kappa shape index (κ3) is 2.57. The Morgan fingerprint density at radius 1 is 1.38 bits per heavy atom. The molecule has 4 heterocycles. The summed E-state index contributed by atoms with van der Waals surface area (Å²) >= 11 is 1.28. The average molecular weight is 410 g/mol. The van der Waals surface area contributed by atoms with Gasteiger partial charge in [-0.05, 0) is 19.1 Å². The van der Waals surface area contributed by atoms with Gasteiger partial charge in [-0.25, -0.2) is 4.99 Å². The van der Waals surface area contributed by atoms with E-state index < -0.39 is 23.7 Å². The number of aryl methyl sites for hydroxylation is 1. The molecule has 0 radical (unpaired) electrons. The Labute approximate surface area is 169 Å². The summed E-state index contributed by atoms with van der Waals surface area (Å²) in [6.07, 6.45) is 5.30. The summed E-state index contributed by atoms with van der Waals surface area (Å²) in [6.45, 7) is 1.76. The van der Waals surface area contributed by atoms with Crippen LogP contribution in [-0.2, 0) is 16.6 Å². The molecular formula is C20H18N4O4S. The van der Waals surface area contributed by atoms with Crippen molar-refractivity contribution in [3.8, 4) is 5.75 Å². The van der Waals surface area contributed by atoms with Crippen molar-refractivity contribution in [2.45, 2.75) is 18.7 Å². The number of rotatable bonds is 2. The predicted molar refractivity (Wildman–Crippen MR) is 105 cm³/mol. The highest BCUT2D eigenvalue weighted by Gasteiger charge is 2.55. The molecule has 2 aliphatic rings. The van der Waals surface area contributed by atoms with Crippen molar-refractivity contribution in [3.63, 3.8) is 0 Å². The molecule has 0 saturated carbocycles. The lowest BCUT2D eigenvalue weighted by Gasteiger charge is -2.44. The first-order valence-corrected chi connectivity index (χ1v) is 9.90. The van der Waals surface area contributed by atoms with Gasteiger partial charge in [-0.15, -0.1) is 0 Å². The number of hydrogen-bond acceptors (Lipinski definition) is 7. The summed E-state index contributed by atoms with van der Waals surface area (Å²) in [7, 11) is 3.15. The molecule has 0 N–H and O–H groups in total. The average Bonchev–Trinajstić information content (AvgIpc) is 3.23. The van der Waals surface area contributed by atoms with E-state index >= 15 is 0 Å². The molecule has 2 bridgehead atoms. The van der Waals surface area contributed by atoms with Gasteiger partial charge in [0.05, 0.1) is 23.9 Å². The van der Waals surface area contributed by atoms with Gasteiger partial charge in [-0.2, -0.15) is 5.10 Å². The SMILES string of the molecule is COC(=O)C1C2c3ccccc3OC1(C)N=c1sc(=Cc3cnn(C)c3)c(=O)n12. The highest BCUT2D eigenvalue weighted by Crippen LogP contribution is 2.47. The summed E-state index contributed by atoms with van der Waals surface area (Å²) in [5, 5.41) is 4.14. The third-order valence-electron chi connectivity index (χ3n) is 5.36. The minimum Gasteiger partial charge on any atom is -0.469 e. The number of aromatic nitrogens is 3. The van der Waals surface area contributed by atoms with Crippen molar-refractivity contribution in [2.75, 3.05) is 7.11 Å². The van der Waals surface area contributed by atoms with Crippen LogP contribution >= 0.6 is 11.3 Å². The van der Waals surface area contributed by atoms with Crippen LogP contribution in [0.5, 0.6) is 5.75 Å². The highest BCUT2D eigenvalue weighted by atomic mass is 32.1. The Balaban J connectivity index is 1.81. The molecule has 2 aliphatic heterocycles. The van der Waals surface area contributed by atoms with E-state index in [1.165, 1.54) is 18.4 Å². The molecule has 5 rings (SSSR count). The number of ether oxygens (including phenoxy) is 2. The van der Waals surface area contributed by atoms with Crippen LogP contribution in [-0.4, -0.2) is 33.2 Å². The molecule has 0 aliphatic carbocycles. The quantitative estimate of drug-likeness (QED) is 0.577. The monoisotopic (exact) mass is 410 g/mol. The first-order valence-electron chi connectivity index (χ1n) is 9.08. The van der Waals surface area contributed by atoms with Crippen molar-refractivity contribution in [1.82, 2.24) is 14.3 Å². The number of carbonyl (C=O) groups is 1. The van der Waals surface area contributed by atoms with Crippen LogP contribution < -0.4 is 19.6 Å². The van der Waals surface area contributed by atoms with Crippen LogP contribution in [0, 0.1) is 5.92 Å². The van der Waals surface area contributed by atoms with E-state index in [-0.39, 0.29) is 5.56 Å². The number of nitrogens with zero attached hydrogens (tertiary/aromatic N) is 4. The van der Waals surface area contributed by atoms with E-state index in [0.717, 1.165) is 11.1 Å². The Morgan fingerprint density at radius 2 is 2.17 bits per heavy atom. The molecular weight excluding hydrogens is 392 g/mol. The molecule has 0 fully saturated rings. The number of benzene rings is 1. The molecule has 3 unspecified atom stereocenters. The zero-order valence-electron chi connectivity index (χ0n) is 16.0. The lowest BCUT2D eigenvalue weighted by molar-refractivity contribution is -0.158. The number of carbonyl (C=O) groups excluding carboxylic acids is 1. The molecule has 2 aromatic heterocycles. The van der Waals surface area contributed by atoms with Gasteiger partial charge in [0.15, 0.2) is 4.80 Å². The molecule has 148 valence electrons. The summed E-state index contributed by atoms with van der Waals surface area (Å²) in [4.78, 5) is 31.3. The van der Waals surface area contributed by atoms with Crippen LogP contribution in [0.4, 0.5) is 0 Å². The van der Waals surface area contributed by atoms with Crippen LogP contribution in [0.2, 0.25) is 0 Å². The van der Waals surface area contributed by atoms with Gasteiger partial charge in [-0.3, -0.25) is 18.8 Å². The Morgan fingerprint density at radius 3 is 2.90 bits per heavy atom. The fourth-order valence-corrected chi connectivity index (χ4v) is 5.20. The molecule has 3 aromatic rings. The predicted octanol–water partition coefficient (Wildman–Crippen LogP) is 0.592. The fourth-order valence-electron chi connectivity index (χ4n) is 4.10. The number of esters is 1. The molecule has 0 saturated heterocycles. The van der Waals surface area contributed by atoms with Crippen LogP contribution in [0.25, 0.3) is 6.08 Å². The summed E-state index contributed by atoms with van der Waals surface area (Å²) < 4.78 is 15.0. The van der Waals surface area contributed by atoms with E-state index in [1.807, 2.05) is 37.5 Å². The second-order valence-corrected chi connectivity index (χ2v) is 8.28. The van der Waals surface area contributed by atoms with E-state index in [2.05, 4.69) is 5.10 Å². The lowest BCUT2D eigenvalue weighted by atomic mass is 9.81. The van der Waals surface area contributed by atoms with Crippen molar-refractivity contribution < 1.29 is 14.3 Å². The van der Waals surface area contributed by atoms with Gasteiger partial charge in [0.2, 0.25) is 5.72 Å². The summed E-state index contributed by atoms with van der Waals surface area (Å²) in [5.74, 6) is -0.615. The second kappa shape index (κ2) is 6.15. The summed E-state index contributed by atoms with van der Waals surface area (Å²) in [5.41, 5.74) is 0.230. The highest BCUT2D eigenvalue weighted by molar-refractivity contribution is 7.07. The molecule has 0 spiro atoms. The molecule has 1 aromatic carbocycles. The van der Waals surface area contributed by atoms with Gasteiger partial charge < -0.3 is 9.47 Å². The van der Waals surface area contributed by atoms with E-state index in [1.54, 1.807) is 28.4 Å². The standard InChI is InChI=1S/C20H18N4O4S/c1-20-15(18(26)27-3)16(12-6-4-5-7-13(12)28-20)24-17(25)14(29-19(24)22-20)8-11-9-21-23(2)10-11/h4-10,15-16H,1-3H3. The first kappa shape index (κ1) is 17.9. The first-order chi connectivity index (χ1) is 13.9. The van der Waals surface area contributed by atoms with Crippen molar-refractivity contribution in [2.24, 2.45) is 18.0 Å². The Bertz CT molecular complexity index is 1320. The maximum Gasteiger partial charge on any atom is 0.317 e. The van der Waals surface area contributed by atoms with Gasteiger partial charge in [0.25, 0.3) is 5.56 Å². The Kier molecular flexibility index (Phi) is 3.79. The number of methoxy groups -OCH3 is 1. The van der Waals surface area contributed by atoms with E-state index in [4.69, 9.17) is 14.5 Å². The topological polar surface area (TPSA) is 87.7 Å². The van der Waals surface area contributed by atoms with Crippen molar-refractivity contribution >= 4 is 23.4 Å². The van der Waals surface area contributed by atoms with E-state index in [9.17, 15) is 9.59 Å². The number of fused-ring (bicyclic) bond motifs is 6. The zero-order valence-corrected chi connectivity index (χ0v) is 16.8. The van der Waals surface area contributed by atoms with Gasteiger partial charge in [0.1, 0.15) is 11.7 Å². The normalized spacial score (nSPS) is 24.9. The molecule has 9 heteroatoms. The van der Waals surface area contributed by atoms with Crippen LogP contribution in [0.15, 0.2) is 46.4 Å². The van der Waals surface area contributed by atoms with Crippen molar-refractivity contribution in [3.05, 3.63) is 67.5 Å². The zero-order chi connectivity index (χ0) is 20.3.